The van der Waals surface area contributed by atoms with Gasteiger partial charge in [-0.05, 0) is 36.4 Å². The van der Waals surface area contributed by atoms with Gasteiger partial charge in [0.1, 0.15) is 0 Å². The van der Waals surface area contributed by atoms with E-state index in [-0.39, 0.29) is 0 Å². The number of benzene rings is 3. The summed E-state index contributed by atoms with van der Waals surface area (Å²) in [6.45, 7) is 0. The molecular formula is C19H15N3. The number of fused-ring (bicyclic) bond motifs is 2. The fourth-order valence-corrected chi connectivity index (χ4v) is 2.57. The molecule has 1 aromatic heterocycles. The van der Waals surface area contributed by atoms with Crippen LogP contribution in [0.1, 0.15) is 0 Å². The largest absolute Gasteiger partial charge is 0.301 e. The van der Waals surface area contributed by atoms with Gasteiger partial charge in [0.2, 0.25) is 0 Å². The summed E-state index contributed by atoms with van der Waals surface area (Å²) in [6, 6.07) is 26.5. The van der Waals surface area contributed by atoms with Crippen LogP contribution in [0.2, 0.25) is 0 Å². The Hall–Kier alpha value is -3.07. The van der Waals surface area contributed by atoms with E-state index in [9.17, 15) is 0 Å². The van der Waals surface area contributed by atoms with Crippen LogP contribution in [0, 0.1) is 0 Å². The van der Waals surface area contributed by atoms with E-state index in [0.717, 1.165) is 33.2 Å². The van der Waals surface area contributed by atoms with Gasteiger partial charge in [-0.3, -0.25) is 0 Å². The molecule has 0 atom stereocenters. The number of para-hydroxylation sites is 2. The SMILES string of the molecule is c1ccc(NNc2cccc3nc4ccccc4cc23)cc1. The van der Waals surface area contributed by atoms with Crippen molar-refractivity contribution in [3.05, 3.63) is 78.9 Å². The van der Waals surface area contributed by atoms with Gasteiger partial charge in [0, 0.05) is 10.8 Å². The lowest BCUT2D eigenvalue weighted by atomic mass is 10.1. The van der Waals surface area contributed by atoms with Crippen LogP contribution in [0.4, 0.5) is 11.4 Å². The number of hydrazine groups is 1. The number of anilines is 2. The van der Waals surface area contributed by atoms with Gasteiger partial charge in [-0.2, -0.15) is 0 Å². The number of hydrogen-bond acceptors (Lipinski definition) is 3. The number of hydrogen-bond donors (Lipinski definition) is 2. The molecule has 0 aliphatic carbocycles. The summed E-state index contributed by atoms with van der Waals surface area (Å²) in [5, 5.41) is 2.24. The molecule has 1 heterocycles. The smallest absolute Gasteiger partial charge is 0.0731 e. The van der Waals surface area contributed by atoms with Gasteiger partial charge in [0.25, 0.3) is 0 Å². The number of aromatic nitrogens is 1. The Morgan fingerprint density at radius 1 is 0.636 bits per heavy atom. The Balaban J connectivity index is 1.75. The summed E-state index contributed by atoms with van der Waals surface area (Å²) in [5.74, 6) is 0. The summed E-state index contributed by atoms with van der Waals surface area (Å²) < 4.78 is 0. The van der Waals surface area contributed by atoms with Crippen molar-refractivity contribution >= 4 is 33.2 Å². The molecule has 2 N–H and O–H groups in total. The van der Waals surface area contributed by atoms with Gasteiger partial charge < -0.3 is 10.9 Å². The summed E-state index contributed by atoms with van der Waals surface area (Å²) in [4.78, 5) is 4.73. The van der Waals surface area contributed by atoms with Crippen molar-refractivity contribution in [3.8, 4) is 0 Å². The topological polar surface area (TPSA) is 37.0 Å². The van der Waals surface area contributed by atoms with Crippen LogP contribution >= 0.6 is 0 Å². The van der Waals surface area contributed by atoms with Crippen molar-refractivity contribution in [1.29, 1.82) is 0 Å². The highest BCUT2D eigenvalue weighted by Gasteiger charge is 2.04. The van der Waals surface area contributed by atoms with Gasteiger partial charge in [0.15, 0.2) is 0 Å². The number of nitrogens with zero attached hydrogens (tertiary/aromatic N) is 1. The first-order valence-electron chi connectivity index (χ1n) is 7.26. The summed E-state index contributed by atoms with van der Waals surface area (Å²) >= 11 is 0. The van der Waals surface area contributed by atoms with E-state index in [0.29, 0.717) is 0 Å². The average Bonchev–Trinajstić information content (AvgIpc) is 2.59. The maximum Gasteiger partial charge on any atom is 0.0731 e. The maximum absolute atomic E-state index is 4.73. The van der Waals surface area contributed by atoms with Crippen molar-refractivity contribution in [2.75, 3.05) is 10.9 Å². The lowest BCUT2D eigenvalue weighted by molar-refractivity contribution is 1.42. The zero-order valence-electron chi connectivity index (χ0n) is 12.0. The second-order valence-corrected chi connectivity index (χ2v) is 5.17. The predicted octanol–water partition coefficient (Wildman–Crippen LogP) is 4.83. The maximum atomic E-state index is 4.73. The first-order chi connectivity index (χ1) is 10.9. The van der Waals surface area contributed by atoms with E-state index in [2.05, 4.69) is 29.1 Å². The first kappa shape index (κ1) is 12.7. The Morgan fingerprint density at radius 2 is 1.41 bits per heavy atom. The molecule has 3 heteroatoms. The Morgan fingerprint density at radius 3 is 2.32 bits per heavy atom. The third kappa shape index (κ3) is 2.33. The Bertz CT molecular complexity index is 933. The third-order valence-electron chi connectivity index (χ3n) is 3.68. The average molecular weight is 285 g/mol. The summed E-state index contributed by atoms with van der Waals surface area (Å²) in [6.07, 6.45) is 0. The minimum absolute atomic E-state index is 0.985. The number of rotatable bonds is 3. The molecule has 0 bridgehead atoms. The van der Waals surface area contributed by atoms with Crippen LogP contribution in [-0.2, 0) is 0 Å². The van der Waals surface area contributed by atoms with Crippen molar-refractivity contribution in [1.82, 2.24) is 4.98 Å². The molecule has 0 aliphatic heterocycles. The lowest BCUT2D eigenvalue weighted by Crippen LogP contribution is -2.08. The molecular weight excluding hydrogens is 270 g/mol. The first-order valence-corrected chi connectivity index (χ1v) is 7.26. The van der Waals surface area contributed by atoms with Crippen LogP contribution in [0.15, 0.2) is 78.9 Å². The zero-order chi connectivity index (χ0) is 14.8. The molecule has 106 valence electrons. The molecule has 3 nitrogen and oxygen atoms in total. The molecule has 0 unspecified atom stereocenters. The van der Waals surface area contributed by atoms with E-state index in [4.69, 9.17) is 4.98 Å². The highest BCUT2D eigenvalue weighted by Crippen LogP contribution is 2.26. The molecule has 0 saturated heterocycles. The summed E-state index contributed by atoms with van der Waals surface area (Å²) in [7, 11) is 0. The van der Waals surface area contributed by atoms with Crippen molar-refractivity contribution in [2.45, 2.75) is 0 Å². The van der Waals surface area contributed by atoms with Gasteiger partial charge in [-0.1, -0.05) is 42.5 Å². The van der Waals surface area contributed by atoms with Crippen LogP contribution in [0.25, 0.3) is 21.8 Å². The fraction of sp³-hybridized carbons (Fsp3) is 0. The van der Waals surface area contributed by atoms with Gasteiger partial charge >= 0.3 is 0 Å². The second kappa shape index (κ2) is 5.37. The quantitative estimate of drug-likeness (QED) is 0.418. The van der Waals surface area contributed by atoms with E-state index in [1.807, 2.05) is 60.7 Å². The van der Waals surface area contributed by atoms with E-state index in [1.165, 1.54) is 0 Å². The highest BCUT2D eigenvalue weighted by atomic mass is 15.4. The Kier molecular flexibility index (Phi) is 3.09. The third-order valence-corrected chi connectivity index (χ3v) is 3.68. The van der Waals surface area contributed by atoms with E-state index in [1.54, 1.807) is 0 Å². The number of nitrogens with one attached hydrogen (secondary N) is 2. The van der Waals surface area contributed by atoms with Crippen LogP contribution in [-0.4, -0.2) is 4.98 Å². The molecule has 0 amide bonds. The van der Waals surface area contributed by atoms with E-state index >= 15 is 0 Å². The minimum Gasteiger partial charge on any atom is -0.301 e. The standard InChI is InChI=1S/C19H15N3/c1-2-8-15(9-3-1)21-22-19-12-6-11-18-16(19)13-14-7-4-5-10-17(14)20-18/h1-13,21-22H. The Labute approximate surface area is 128 Å². The monoisotopic (exact) mass is 285 g/mol. The molecule has 0 fully saturated rings. The van der Waals surface area contributed by atoms with Gasteiger partial charge in [0.05, 0.1) is 22.4 Å². The highest BCUT2D eigenvalue weighted by molar-refractivity contribution is 5.99. The predicted molar refractivity (Wildman–Crippen MR) is 92.9 cm³/mol. The number of pyridine rings is 1. The lowest BCUT2D eigenvalue weighted by Gasteiger charge is -2.12. The molecule has 4 rings (SSSR count). The molecule has 0 spiro atoms. The zero-order valence-corrected chi connectivity index (χ0v) is 12.0. The fourth-order valence-electron chi connectivity index (χ4n) is 2.57. The minimum atomic E-state index is 0.985. The van der Waals surface area contributed by atoms with Gasteiger partial charge in [-0.25, -0.2) is 4.98 Å². The second-order valence-electron chi connectivity index (χ2n) is 5.17. The van der Waals surface area contributed by atoms with E-state index < -0.39 is 0 Å². The van der Waals surface area contributed by atoms with Crippen molar-refractivity contribution in [3.63, 3.8) is 0 Å². The van der Waals surface area contributed by atoms with Crippen molar-refractivity contribution in [2.24, 2.45) is 0 Å². The summed E-state index contributed by atoms with van der Waals surface area (Å²) in [5.41, 5.74) is 10.5. The molecule has 0 radical (unpaired) electrons. The normalized spacial score (nSPS) is 10.7. The van der Waals surface area contributed by atoms with Crippen LogP contribution in [0.5, 0.6) is 0 Å². The molecule has 0 aliphatic rings. The van der Waals surface area contributed by atoms with Crippen molar-refractivity contribution < 1.29 is 0 Å². The molecule has 4 aromatic rings. The molecule has 3 aromatic carbocycles. The molecule has 22 heavy (non-hydrogen) atoms. The van der Waals surface area contributed by atoms with Crippen LogP contribution < -0.4 is 10.9 Å². The van der Waals surface area contributed by atoms with Gasteiger partial charge in [-0.15, -0.1) is 0 Å². The molecule has 0 saturated carbocycles. The van der Waals surface area contributed by atoms with Crippen LogP contribution in [0.3, 0.4) is 0 Å².